The van der Waals surface area contributed by atoms with Crippen LogP contribution in [0.2, 0.25) is 0 Å². The molecule has 0 bridgehead atoms. The van der Waals surface area contributed by atoms with Crippen LogP contribution in [0.1, 0.15) is 43.5 Å². The van der Waals surface area contributed by atoms with E-state index in [9.17, 15) is 9.59 Å². The van der Waals surface area contributed by atoms with Gasteiger partial charge >= 0.3 is 5.97 Å². The molecule has 3 rings (SSSR count). The molecule has 5 heteroatoms. The third-order valence-corrected chi connectivity index (χ3v) is 6.03. The van der Waals surface area contributed by atoms with Crippen molar-refractivity contribution in [3.63, 3.8) is 0 Å². The summed E-state index contributed by atoms with van der Waals surface area (Å²) in [4.78, 5) is 26.2. The van der Waals surface area contributed by atoms with Crippen molar-refractivity contribution < 1.29 is 14.3 Å². The van der Waals surface area contributed by atoms with Crippen LogP contribution in [0.25, 0.3) is 0 Å². The minimum atomic E-state index is -0.392. The highest BCUT2D eigenvalue weighted by molar-refractivity contribution is 7.99. The summed E-state index contributed by atoms with van der Waals surface area (Å²) in [6.07, 6.45) is 0.946. The molecule has 4 nitrogen and oxygen atoms in total. The van der Waals surface area contributed by atoms with E-state index in [0.29, 0.717) is 16.4 Å². The van der Waals surface area contributed by atoms with Crippen LogP contribution in [0.4, 0.5) is 0 Å². The summed E-state index contributed by atoms with van der Waals surface area (Å²) in [7, 11) is 1.35. The third-order valence-electron chi connectivity index (χ3n) is 4.72. The molecule has 136 valence electrons. The van der Waals surface area contributed by atoms with Crippen molar-refractivity contribution in [2.75, 3.05) is 26.0 Å². The number of carbonyl (C=O) groups excluding carboxylic acids is 2. The molecule has 0 radical (unpaired) electrons. The molecule has 0 spiro atoms. The smallest absolute Gasteiger partial charge is 0.337 e. The molecule has 2 aromatic carbocycles. The van der Waals surface area contributed by atoms with Crippen LogP contribution in [-0.2, 0) is 4.74 Å². The number of thioether (sulfide) groups is 1. The predicted octanol–water partition coefficient (Wildman–Crippen LogP) is 4.10. The van der Waals surface area contributed by atoms with Gasteiger partial charge in [0.25, 0.3) is 5.91 Å². The third kappa shape index (κ3) is 4.10. The lowest BCUT2D eigenvalue weighted by atomic mass is 10.0. The topological polar surface area (TPSA) is 46.6 Å². The standard InChI is InChI=1S/C21H23NO3S/c1-15-5-3-4-6-18(15)19-11-12-22(13-14-26-19)20(23)16-7-9-17(10-8-16)21(24)25-2/h3-10,19H,11-14H2,1-2H3/t19-/m0/s1. The van der Waals surface area contributed by atoms with Crippen molar-refractivity contribution in [2.45, 2.75) is 18.6 Å². The first-order valence-corrected chi connectivity index (χ1v) is 9.80. The lowest BCUT2D eigenvalue weighted by molar-refractivity contribution is 0.0599. The van der Waals surface area contributed by atoms with Gasteiger partial charge in [-0.2, -0.15) is 11.8 Å². The summed E-state index contributed by atoms with van der Waals surface area (Å²) in [5.74, 6) is 0.550. The molecule has 1 fully saturated rings. The number of amides is 1. The van der Waals surface area contributed by atoms with E-state index < -0.39 is 5.97 Å². The number of esters is 1. The molecule has 0 N–H and O–H groups in total. The minimum Gasteiger partial charge on any atom is -0.465 e. The SMILES string of the molecule is COC(=O)c1ccc(C(=O)N2CCS[C@H](c3ccccc3C)CC2)cc1. The summed E-state index contributed by atoms with van der Waals surface area (Å²) in [6.45, 7) is 3.63. The van der Waals surface area contributed by atoms with E-state index in [4.69, 9.17) is 4.74 Å². The van der Waals surface area contributed by atoms with Crippen LogP contribution in [0.5, 0.6) is 0 Å². The molecule has 1 amide bonds. The van der Waals surface area contributed by atoms with Crippen molar-refractivity contribution in [3.8, 4) is 0 Å². The van der Waals surface area contributed by atoms with Gasteiger partial charge in [-0.25, -0.2) is 4.79 Å². The molecule has 26 heavy (non-hydrogen) atoms. The first-order valence-electron chi connectivity index (χ1n) is 8.75. The number of hydrogen-bond donors (Lipinski definition) is 0. The zero-order chi connectivity index (χ0) is 18.5. The first-order chi connectivity index (χ1) is 12.6. The van der Waals surface area contributed by atoms with Crippen LogP contribution < -0.4 is 0 Å². The number of hydrogen-bond acceptors (Lipinski definition) is 4. The fraction of sp³-hybridized carbons (Fsp3) is 0.333. The Morgan fingerprint density at radius 2 is 1.73 bits per heavy atom. The van der Waals surface area contributed by atoms with Crippen LogP contribution in [-0.4, -0.2) is 42.7 Å². The van der Waals surface area contributed by atoms with Gasteiger partial charge in [-0.1, -0.05) is 24.3 Å². The largest absolute Gasteiger partial charge is 0.465 e. The summed E-state index contributed by atoms with van der Waals surface area (Å²) >= 11 is 1.92. The summed E-state index contributed by atoms with van der Waals surface area (Å²) < 4.78 is 4.70. The maximum Gasteiger partial charge on any atom is 0.337 e. The molecule has 0 aliphatic carbocycles. The lowest BCUT2D eigenvalue weighted by Crippen LogP contribution is -2.33. The molecule has 2 aromatic rings. The number of aryl methyl sites for hydroxylation is 1. The van der Waals surface area contributed by atoms with E-state index in [0.717, 1.165) is 25.3 Å². The number of carbonyl (C=O) groups is 2. The molecule has 1 aliphatic rings. The van der Waals surface area contributed by atoms with Gasteiger partial charge in [0.05, 0.1) is 12.7 Å². The Morgan fingerprint density at radius 1 is 1.04 bits per heavy atom. The lowest BCUT2D eigenvalue weighted by Gasteiger charge is -2.21. The normalized spacial score (nSPS) is 17.5. The Bertz CT molecular complexity index is 788. The number of methoxy groups -OCH3 is 1. The Balaban J connectivity index is 1.68. The predicted molar refractivity (Wildman–Crippen MR) is 105 cm³/mol. The molecular formula is C21H23NO3S. The fourth-order valence-electron chi connectivity index (χ4n) is 3.22. The van der Waals surface area contributed by atoms with E-state index in [-0.39, 0.29) is 5.91 Å². The molecule has 0 unspecified atom stereocenters. The van der Waals surface area contributed by atoms with Crippen LogP contribution >= 0.6 is 11.8 Å². The zero-order valence-corrected chi connectivity index (χ0v) is 15.9. The van der Waals surface area contributed by atoms with Crippen LogP contribution in [0, 0.1) is 6.92 Å². The van der Waals surface area contributed by atoms with Gasteiger partial charge in [-0.05, 0) is 48.7 Å². The Hall–Kier alpha value is -2.27. The highest BCUT2D eigenvalue weighted by atomic mass is 32.2. The number of ether oxygens (including phenoxy) is 1. The van der Waals surface area contributed by atoms with Gasteiger partial charge in [0.1, 0.15) is 0 Å². The van der Waals surface area contributed by atoms with E-state index in [1.807, 2.05) is 16.7 Å². The van der Waals surface area contributed by atoms with E-state index in [1.165, 1.54) is 18.2 Å². The van der Waals surface area contributed by atoms with E-state index in [2.05, 4.69) is 31.2 Å². The molecule has 1 saturated heterocycles. The first kappa shape index (κ1) is 18.5. The Labute approximate surface area is 158 Å². The quantitative estimate of drug-likeness (QED) is 0.764. The number of rotatable bonds is 3. The maximum atomic E-state index is 12.8. The van der Waals surface area contributed by atoms with Crippen molar-refractivity contribution in [3.05, 3.63) is 70.8 Å². The van der Waals surface area contributed by atoms with E-state index >= 15 is 0 Å². The monoisotopic (exact) mass is 369 g/mol. The fourth-order valence-corrected chi connectivity index (χ4v) is 4.55. The molecule has 1 atom stereocenters. The molecule has 0 aromatic heterocycles. The summed E-state index contributed by atoms with van der Waals surface area (Å²) in [5.41, 5.74) is 3.74. The minimum absolute atomic E-state index is 0.0208. The second-order valence-corrected chi connectivity index (χ2v) is 7.68. The maximum absolute atomic E-state index is 12.8. The zero-order valence-electron chi connectivity index (χ0n) is 15.1. The molecule has 1 heterocycles. The molecule has 1 aliphatic heterocycles. The highest BCUT2D eigenvalue weighted by Gasteiger charge is 2.23. The molecular weight excluding hydrogens is 346 g/mol. The second-order valence-electron chi connectivity index (χ2n) is 6.37. The Morgan fingerprint density at radius 3 is 2.42 bits per heavy atom. The summed E-state index contributed by atoms with van der Waals surface area (Å²) in [5, 5.41) is 0.427. The van der Waals surface area contributed by atoms with Crippen molar-refractivity contribution in [2.24, 2.45) is 0 Å². The average Bonchev–Trinajstić information content (AvgIpc) is 2.93. The van der Waals surface area contributed by atoms with Crippen LogP contribution in [0.3, 0.4) is 0 Å². The van der Waals surface area contributed by atoms with Crippen molar-refractivity contribution in [1.82, 2.24) is 4.90 Å². The highest BCUT2D eigenvalue weighted by Crippen LogP contribution is 2.36. The van der Waals surface area contributed by atoms with Crippen molar-refractivity contribution >= 4 is 23.6 Å². The van der Waals surface area contributed by atoms with Gasteiger partial charge in [0.2, 0.25) is 0 Å². The van der Waals surface area contributed by atoms with Gasteiger partial charge in [-0.15, -0.1) is 0 Å². The second kappa shape index (κ2) is 8.41. The molecule has 0 saturated carbocycles. The Kier molecular flexibility index (Phi) is 5.99. The van der Waals surface area contributed by atoms with E-state index in [1.54, 1.807) is 24.3 Å². The number of nitrogens with zero attached hydrogens (tertiary/aromatic N) is 1. The van der Waals surface area contributed by atoms with Crippen molar-refractivity contribution in [1.29, 1.82) is 0 Å². The number of benzene rings is 2. The van der Waals surface area contributed by atoms with Gasteiger partial charge in [-0.3, -0.25) is 4.79 Å². The van der Waals surface area contributed by atoms with Gasteiger partial charge < -0.3 is 9.64 Å². The van der Waals surface area contributed by atoms with Gasteiger partial charge in [0.15, 0.2) is 0 Å². The average molecular weight is 369 g/mol. The van der Waals surface area contributed by atoms with Crippen LogP contribution in [0.15, 0.2) is 48.5 Å². The summed E-state index contributed by atoms with van der Waals surface area (Å²) in [6, 6.07) is 15.2. The van der Waals surface area contributed by atoms with Gasteiger partial charge in [0, 0.05) is 29.7 Å².